The zero-order valence-electron chi connectivity index (χ0n) is 12.6. The van der Waals surface area contributed by atoms with Crippen LogP contribution in [0.3, 0.4) is 0 Å². The van der Waals surface area contributed by atoms with Gasteiger partial charge in [-0.15, -0.1) is 0 Å². The van der Waals surface area contributed by atoms with Gasteiger partial charge in [0.05, 0.1) is 6.04 Å². The van der Waals surface area contributed by atoms with E-state index in [1.807, 2.05) is 45.2 Å². The lowest BCUT2D eigenvalue weighted by atomic mass is 9.98. The Kier molecular flexibility index (Phi) is 6.46. The molecule has 0 heterocycles. The Morgan fingerprint density at radius 1 is 1.40 bits per heavy atom. The Labute approximate surface area is 126 Å². The van der Waals surface area contributed by atoms with Crippen LogP contribution in [0.5, 0.6) is 0 Å². The summed E-state index contributed by atoms with van der Waals surface area (Å²) in [4.78, 5) is 13.7. The van der Waals surface area contributed by atoms with E-state index >= 15 is 0 Å². The molecule has 0 fully saturated rings. The normalized spacial score (nSPS) is 15.8. The maximum Gasteiger partial charge on any atom is 0.223 e. The fourth-order valence-electron chi connectivity index (χ4n) is 2.51. The minimum absolute atomic E-state index is 0.0178. The number of carbonyl (C=O) groups is 1. The van der Waals surface area contributed by atoms with Crippen molar-refractivity contribution in [2.24, 2.45) is 11.7 Å². The highest BCUT2D eigenvalue weighted by molar-refractivity contribution is 6.31. The molecule has 3 unspecified atom stereocenters. The SMILES string of the molecule is CNC(=O)C(C)CN(C)C(c1ccccc1Cl)C(C)N. The van der Waals surface area contributed by atoms with E-state index in [2.05, 4.69) is 10.2 Å². The molecular formula is C15H24ClN3O. The van der Waals surface area contributed by atoms with Gasteiger partial charge in [-0.25, -0.2) is 0 Å². The summed E-state index contributed by atoms with van der Waals surface area (Å²) in [7, 11) is 3.62. The van der Waals surface area contributed by atoms with Crippen LogP contribution < -0.4 is 11.1 Å². The number of likely N-dealkylation sites (N-methyl/N-ethyl adjacent to an activating group) is 1. The Morgan fingerprint density at radius 2 is 2.00 bits per heavy atom. The first-order valence-corrected chi connectivity index (χ1v) is 7.18. The third-order valence-electron chi connectivity index (χ3n) is 3.45. The van der Waals surface area contributed by atoms with E-state index in [4.69, 9.17) is 17.3 Å². The van der Waals surface area contributed by atoms with Crippen molar-refractivity contribution in [2.45, 2.75) is 25.9 Å². The van der Waals surface area contributed by atoms with Crippen molar-refractivity contribution in [1.82, 2.24) is 10.2 Å². The van der Waals surface area contributed by atoms with Crippen molar-refractivity contribution in [3.8, 4) is 0 Å². The van der Waals surface area contributed by atoms with Gasteiger partial charge in [0.15, 0.2) is 0 Å². The van der Waals surface area contributed by atoms with Crippen LogP contribution in [-0.4, -0.2) is 37.5 Å². The maximum atomic E-state index is 11.6. The van der Waals surface area contributed by atoms with E-state index in [1.54, 1.807) is 7.05 Å². The third-order valence-corrected chi connectivity index (χ3v) is 3.80. The first-order chi connectivity index (χ1) is 9.38. The molecule has 0 radical (unpaired) electrons. The van der Waals surface area contributed by atoms with E-state index in [9.17, 15) is 4.79 Å². The fraction of sp³-hybridized carbons (Fsp3) is 0.533. The lowest BCUT2D eigenvalue weighted by Gasteiger charge is -2.33. The number of carbonyl (C=O) groups excluding carboxylic acids is 1. The Balaban J connectivity index is 2.92. The first kappa shape index (κ1) is 17.0. The summed E-state index contributed by atoms with van der Waals surface area (Å²) < 4.78 is 0. The van der Waals surface area contributed by atoms with Crippen LogP contribution in [0.15, 0.2) is 24.3 Å². The number of halogens is 1. The van der Waals surface area contributed by atoms with Gasteiger partial charge in [-0.2, -0.15) is 0 Å². The molecule has 4 nitrogen and oxygen atoms in total. The average Bonchev–Trinajstić information content (AvgIpc) is 2.39. The van der Waals surface area contributed by atoms with Crippen molar-refractivity contribution in [1.29, 1.82) is 0 Å². The highest BCUT2D eigenvalue weighted by Gasteiger charge is 2.25. The average molecular weight is 298 g/mol. The molecule has 20 heavy (non-hydrogen) atoms. The summed E-state index contributed by atoms with van der Waals surface area (Å²) in [5.74, 6) is -0.0758. The van der Waals surface area contributed by atoms with Crippen LogP contribution in [0.4, 0.5) is 0 Å². The number of nitrogens with one attached hydrogen (secondary N) is 1. The zero-order valence-corrected chi connectivity index (χ0v) is 13.3. The van der Waals surface area contributed by atoms with Gasteiger partial charge >= 0.3 is 0 Å². The molecule has 3 atom stereocenters. The molecular weight excluding hydrogens is 274 g/mol. The summed E-state index contributed by atoms with van der Waals surface area (Å²) in [5.41, 5.74) is 7.12. The molecule has 5 heteroatoms. The Morgan fingerprint density at radius 3 is 2.50 bits per heavy atom. The monoisotopic (exact) mass is 297 g/mol. The Bertz CT molecular complexity index is 450. The number of hydrogen-bond acceptors (Lipinski definition) is 3. The van der Waals surface area contributed by atoms with Crippen LogP contribution in [-0.2, 0) is 4.79 Å². The predicted octanol–water partition coefficient (Wildman–Crippen LogP) is 2.04. The summed E-state index contributed by atoms with van der Waals surface area (Å²) >= 11 is 6.27. The highest BCUT2D eigenvalue weighted by atomic mass is 35.5. The van der Waals surface area contributed by atoms with Crippen LogP contribution >= 0.6 is 11.6 Å². The number of amides is 1. The van der Waals surface area contributed by atoms with E-state index in [0.717, 1.165) is 5.56 Å². The minimum Gasteiger partial charge on any atom is -0.359 e. The van der Waals surface area contributed by atoms with Gasteiger partial charge in [0.2, 0.25) is 5.91 Å². The van der Waals surface area contributed by atoms with Gasteiger partial charge in [0, 0.05) is 30.6 Å². The molecule has 1 aromatic rings. The molecule has 112 valence electrons. The van der Waals surface area contributed by atoms with Crippen molar-refractivity contribution in [2.75, 3.05) is 20.6 Å². The molecule has 0 saturated heterocycles. The smallest absolute Gasteiger partial charge is 0.223 e. The van der Waals surface area contributed by atoms with Crippen molar-refractivity contribution < 1.29 is 4.79 Å². The largest absolute Gasteiger partial charge is 0.359 e. The topological polar surface area (TPSA) is 58.4 Å². The molecule has 3 N–H and O–H groups in total. The second-order valence-corrected chi connectivity index (χ2v) is 5.69. The number of hydrogen-bond donors (Lipinski definition) is 2. The molecule has 1 amide bonds. The Hall–Kier alpha value is -1.10. The number of benzene rings is 1. The molecule has 1 rings (SSSR count). The molecule has 0 saturated carbocycles. The summed E-state index contributed by atoms with van der Waals surface area (Å²) in [6.45, 7) is 4.48. The molecule has 0 bridgehead atoms. The van der Waals surface area contributed by atoms with E-state index < -0.39 is 0 Å². The second-order valence-electron chi connectivity index (χ2n) is 5.28. The van der Waals surface area contributed by atoms with Gasteiger partial charge in [-0.3, -0.25) is 9.69 Å². The first-order valence-electron chi connectivity index (χ1n) is 6.80. The molecule has 0 aliphatic carbocycles. The van der Waals surface area contributed by atoms with Crippen LogP contribution in [0.1, 0.15) is 25.5 Å². The van der Waals surface area contributed by atoms with Gasteiger partial charge in [-0.1, -0.05) is 36.7 Å². The fourth-order valence-corrected chi connectivity index (χ4v) is 2.76. The summed E-state index contributed by atoms with van der Waals surface area (Å²) in [5, 5.41) is 3.37. The molecule has 0 spiro atoms. The lowest BCUT2D eigenvalue weighted by molar-refractivity contribution is -0.124. The number of nitrogens with two attached hydrogens (primary N) is 1. The van der Waals surface area contributed by atoms with Crippen LogP contribution in [0.2, 0.25) is 5.02 Å². The standard InChI is InChI=1S/C15H24ClN3O/c1-10(15(20)18-3)9-19(4)14(11(2)17)12-7-5-6-8-13(12)16/h5-8,10-11,14H,9,17H2,1-4H3,(H,18,20). The van der Waals surface area contributed by atoms with Gasteiger partial charge in [0.25, 0.3) is 0 Å². The molecule has 0 aliphatic heterocycles. The zero-order chi connectivity index (χ0) is 15.3. The van der Waals surface area contributed by atoms with Crippen LogP contribution in [0, 0.1) is 5.92 Å². The maximum absolute atomic E-state index is 11.6. The summed E-state index contributed by atoms with van der Waals surface area (Å²) in [6, 6.07) is 7.59. The summed E-state index contributed by atoms with van der Waals surface area (Å²) in [6.07, 6.45) is 0. The van der Waals surface area contributed by atoms with Crippen molar-refractivity contribution in [3.05, 3.63) is 34.9 Å². The second kappa shape index (κ2) is 7.62. The number of rotatable bonds is 6. The highest BCUT2D eigenvalue weighted by Crippen LogP contribution is 2.29. The number of nitrogens with zero attached hydrogens (tertiary/aromatic N) is 1. The van der Waals surface area contributed by atoms with Gasteiger partial charge < -0.3 is 11.1 Å². The third kappa shape index (κ3) is 4.20. The lowest BCUT2D eigenvalue weighted by Crippen LogP contribution is -2.42. The molecule has 1 aromatic carbocycles. The van der Waals surface area contributed by atoms with Gasteiger partial charge in [0.1, 0.15) is 0 Å². The van der Waals surface area contributed by atoms with Crippen LogP contribution in [0.25, 0.3) is 0 Å². The van der Waals surface area contributed by atoms with E-state index in [1.165, 1.54) is 0 Å². The molecule has 0 aromatic heterocycles. The minimum atomic E-state index is -0.103. The van der Waals surface area contributed by atoms with Gasteiger partial charge in [-0.05, 0) is 25.6 Å². The predicted molar refractivity (Wildman–Crippen MR) is 83.7 cm³/mol. The quantitative estimate of drug-likeness (QED) is 0.845. The molecule has 0 aliphatic rings. The van der Waals surface area contributed by atoms with E-state index in [-0.39, 0.29) is 23.9 Å². The van der Waals surface area contributed by atoms with Crippen molar-refractivity contribution in [3.63, 3.8) is 0 Å². The van der Waals surface area contributed by atoms with Crippen molar-refractivity contribution >= 4 is 17.5 Å². The van der Waals surface area contributed by atoms with E-state index in [0.29, 0.717) is 11.6 Å².